The predicted molar refractivity (Wildman–Crippen MR) is 111 cm³/mol. The van der Waals surface area contributed by atoms with Gasteiger partial charge in [0.1, 0.15) is 0 Å². The van der Waals surface area contributed by atoms with E-state index in [1.807, 2.05) is 41.3 Å². The van der Waals surface area contributed by atoms with Gasteiger partial charge in [0.05, 0.1) is 23.5 Å². The SMILES string of the molecule is CCOC(=O)c1ccc(N2CCN(C(=O)c3ccccc3)CC2)c(NC(C)=O)c1. The summed E-state index contributed by atoms with van der Waals surface area (Å²) in [7, 11) is 0. The van der Waals surface area contributed by atoms with E-state index < -0.39 is 5.97 Å². The Hall–Kier alpha value is -3.35. The Bertz CT molecular complexity index is 890. The van der Waals surface area contributed by atoms with Gasteiger partial charge in [0, 0.05) is 38.7 Å². The zero-order chi connectivity index (χ0) is 20.8. The number of benzene rings is 2. The molecule has 1 heterocycles. The summed E-state index contributed by atoms with van der Waals surface area (Å²) in [6.07, 6.45) is 0. The lowest BCUT2D eigenvalue weighted by molar-refractivity contribution is -0.114. The zero-order valence-electron chi connectivity index (χ0n) is 16.7. The number of nitrogens with one attached hydrogen (secondary N) is 1. The molecule has 0 atom stereocenters. The van der Waals surface area contributed by atoms with Crippen LogP contribution in [0, 0.1) is 0 Å². The van der Waals surface area contributed by atoms with Crippen molar-refractivity contribution in [3.63, 3.8) is 0 Å². The third-order valence-corrected chi connectivity index (χ3v) is 4.75. The van der Waals surface area contributed by atoms with Gasteiger partial charge in [-0.1, -0.05) is 18.2 Å². The van der Waals surface area contributed by atoms with Gasteiger partial charge >= 0.3 is 5.97 Å². The smallest absolute Gasteiger partial charge is 0.338 e. The van der Waals surface area contributed by atoms with Crippen molar-refractivity contribution in [3.8, 4) is 0 Å². The van der Waals surface area contributed by atoms with Gasteiger partial charge in [-0.2, -0.15) is 0 Å². The molecule has 29 heavy (non-hydrogen) atoms. The van der Waals surface area contributed by atoms with Gasteiger partial charge < -0.3 is 19.9 Å². The Morgan fingerprint density at radius 3 is 2.28 bits per heavy atom. The van der Waals surface area contributed by atoms with Gasteiger partial charge in [-0.3, -0.25) is 9.59 Å². The van der Waals surface area contributed by atoms with E-state index in [4.69, 9.17) is 4.74 Å². The first-order valence-electron chi connectivity index (χ1n) is 9.67. The largest absolute Gasteiger partial charge is 0.462 e. The Morgan fingerprint density at radius 2 is 1.66 bits per heavy atom. The molecule has 0 bridgehead atoms. The van der Waals surface area contributed by atoms with E-state index in [1.54, 1.807) is 19.1 Å². The van der Waals surface area contributed by atoms with Crippen molar-refractivity contribution in [1.82, 2.24) is 4.90 Å². The lowest BCUT2D eigenvalue weighted by Gasteiger charge is -2.37. The van der Waals surface area contributed by atoms with Gasteiger partial charge in [0.25, 0.3) is 5.91 Å². The van der Waals surface area contributed by atoms with Crippen LogP contribution >= 0.6 is 0 Å². The maximum atomic E-state index is 12.6. The number of ether oxygens (including phenoxy) is 1. The van der Waals surface area contributed by atoms with Crippen LogP contribution in [0.5, 0.6) is 0 Å². The van der Waals surface area contributed by atoms with E-state index in [2.05, 4.69) is 10.2 Å². The number of piperazine rings is 1. The summed E-state index contributed by atoms with van der Waals surface area (Å²) in [6.45, 7) is 5.87. The Balaban J connectivity index is 1.74. The van der Waals surface area contributed by atoms with Gasteiger partial charge in [-0.15, -0.1) is 0 Å². The van der Waals surface area contributed by atoms with E-state index in [0.29, 0.717) is 43.0 Å². The molecule has 1 fully saturated rings. The summed E-state index contributed by atoms with van der Waals surface area (Å²) in [6, 6.07) is 14.4. The zero-order valence-corrected chi connectivity index (χ0v) is 16.7. The van der Waals surface area contributed by atoms with Crippen molar-refractivity contribution in [2.75, 3.05) is 43.0 Å². The van der Waals surface area contributed by atoms with Crippen molar-refractivity contribution in [3.05, 3.63) is 59.7 Å². The number of amides is 2. The molecular formula is C22H25N3O4. The van der Waals surface area contributed by atoms with Crippen molar-refractivity contribution in [2.24, 2.45) is 0 Å². The third-order valence-electron chi connectivity index (χ3n) is 4.75. The topological polar surface area (TPSA) is 79.0 Å². The summed E-state index contributed by atoms with van der Waals surface area (Å²) < 4.78 is 5.05. The average Bonchev–Trinajstić information content (AvgIpc) is 2.74. The summed E-state index contributed by atoms with van der Waals surface area (Å²) in [5.41, 5.74) is 2.45. The van der Waals surface area contributed by atoms with E-state index >= 15 is 0 Å². The fourth-order valence-electron chi connectivity index (χ4n) is 3.36. The molecule has 152 valence electrons. The number of nitrogens with zero attached hydrogens (tertiary/aromatic N) is 2. The van der Waals surface area contributed by atoms with E-state index in [9.17, 15) is 14.4 Å². The molecule has 7 heteroatoms. The molecule has 2 aromatic carbocycles. The lowest BCUT2D eigenvalue weighted by atomic mass is 10.1. The quantitative estimate of drug-likeness (QED) is 0.788. The molecule has 7 nitrogen and oxygen atoms in total. The fourth-order valence-corrected chi connectivity index (χ4v) is 3.36. The predicted octanol–water partition coefficient (Wildman–Crippen LogP) is 2.78. The molecule has 0 aliphatic carbocycles. The maximum Gasteiger partial charge on any atom is 0.338 e. The Kier molecular flexibility index (Phi) is 6.49. The number of carbonyl (C=O) groups is 3. The van der Waals surface area contributed by atoms with Crippen LogP contribution in [-0.4, -0.2) is 55.5 Å². The first-order valence-corrected chi connectivity index (χ1v) is 9.67. The number of esters is 1. The second-order valence-electron chi connectivity index (χ2n) is 6.78. The van der Waals surface area contributed by atoms with E-state index in [-0.39, 0.29) is 18.4 Å². The van der Waals surface area contributed by atoms with Crippen molar-refractivity contribution >= 4 is 29.2 Å². The van der Waals surface area contributed by atoms with Gasteiger partial charge in [-0.05, 0) is 37.3 Å². The second kappa shape index (κ2) is 9.23. The summed E-state index contributed by atoms with van der Waals surface area (Å²) in [5.74, 6) is -0.626. The molecule has 1 N–H and O–H groups in total. The minimum Gasteiger partial charge on any atom is -0.462 e. The number of carbonyl (C=O) groups excluding carboxylic acids is 3. The molecule has 2 amide bonds. The summed E-state index contributed by atoms with van der Waals surface area (Å²) >= 11 is 0. The first-order chi connectivity index (χ1) is 14.0. The summed E-state index contributed by atoms with van der Waals surface area (Å²) in [4.78, 5) is 40.3. The first kappa shape index (κ1) is 20.4. The highest BCUT2D eigenvalue weighted by atomic mass is 16.5. The fraction of sp³-hybridized carbons (Fsp3) is 0.318. The van der Waals surface area contributed by atoms with E-state index in [0.717, 1.165) is 5.69 Å². The normalized spacial score (nSPS) is 13.7. The van der Waals surface area contributed by atoms with Gasteiger partial charge in [-0.25, -0.2) is 4.79 Å². The van der Waals surface area contributed by atoms with Crippen LogP contribution in [-0.2, 0) is 9.53 Å². The molecule has 1 aliphatic heterocycles. The minimum absolute atomic E-state index is 0.0185. The summed E-state index contributed by atoms with van der Waals surface area (Å²) in [5, 5.41) is 2.80. The van der Waals surface area contributed by atoms with Crippen LogP contribution in [0.4, 0.5) is 11.4 Å². The van der Waals surface area contributed by atoms with Gasteiger partial charge in [0.15, 0.2) is 0 Å². The molecule has 1 saturated heterocycles. The van der Waals surface area contributed by atoms with Crippen LogP contribution in [0.1, 0.15) is 34.6 Å². The number of anilines is 2. The van der Waals surface area contributed by atoms with Crippen LogP contribution in [0.25, 0.3) is 0 Å². The Morgan fingerprint density at radius 1 is 0.966 bits per heavy atom. The van der Waals surface area contributed by atoms with E-state index in [1.165, 1.54) is 6.92 Å². The third kappa shape index (κ3) is 4.93. The number of rotatable bonds is 5. The molecule has 0 unspecified atom stereocenters. The highest BCUT2D eigenvalue weighted by molar-refractivity contribution is 5.97. The number of hydrogen-bond acceptors (Lipinski definition) is 5. The molecule has 0 aromatic heterocycles. The highest BCUT2D eigenvalue weighted by Crippen LogP contribution is 2.29. The standard InChI is InChI=1S/C22H25N3O4/c1-3-29-22(28)18-9-10-20(19(15-18)23-16(2)26)24-11-13-25(14-12-24)21(27)17-7-5-4-6-8-17/h4-10,15H,3,11-14H2,1-2H3,(H,23,26). The highest BCUT2D eigenvalue weighted by Gasteiger charge is 2.24. The molecule has 2 aromatic rings. The van der Waals surface area contributed by atoms with Crippen molar-refractivity contribution in [1.29, 1.82) is 0 Å². The van der Waals surface area contributed by atoms with Crippen LogP contribution in [0.15, 0.2) is 48.5 Å². The molecule has 3 rings (SSSR count). The monoisotopic (exact) mass is 395 g/mol. The van der Waals surface area contributed by atoms with Gasteiger partial charge in [0.2, 0.25) is 5.91 Å². The minimum atomic E-state index is -0.427. The second-order valence-corrected chi connectivity index (χ2v) is 6.78. The molecule has 0 spiro atoms. The van der Waals surface area contributed by atoms with Crippen molar-refractivity contribution < 1.29 is 19.1 Å². The molecule has 1 aliphatic rings. The molecular weight excluding hydrogens is 370 g/mol. The average molecular weight is 395 g/mol. The Labute approximate surface area is 170 Å². The van der Waals surface area contributed by atoms with Crippen molar-refractivity contribution in [2.45, 2.75) is 13.8 Å². The van der Waals surface area contributed by atoms with Crippen LogP contribution in [0.3, 0.4) is 0 Å². The van der Waals surface area contributed by atoms with Crippen LogP contribution in [0.2, 0.25) is 0 Å². The maximum absolute atomic E-state index is 12.6. The molecule has 0 saturated carbocycles. The molecule has 0 radical (unpaired) electrons. The number of hydrogen-bond donors (Lipinski definition) is 1. The van der Waals surface area contributed by atoms with Crippen LogP contribution < -0.4 is 10.2 Å². The lowest BCUT2D eigenvalue weighted by Crippen LogP contribution is -2.49.